The van der Waals surface area contributed by atoms with E-state index in [2.05, 4.69) is 26.0 Å². The van der Waals surface area contributed by atoms with E-state index in [4.69, 9.17) is 10.5 Å². The first kappa shape index (κ1) is 33.7. The lowest BCUT2D eigenvalue weighted by Crippen LogP contribution is -2.22. The molecule has 14 heteroatoms. The van der Waals surface area contributed by atoms with E-state index in [1.807, 2.05) is 0 Å². The zero-order chi connectivity index (χ0) is 30.3. The number of hydrogen-bond donors (Lipinski definition) is 5. The molecule has 6 N–H and O–H groups in total. The Morgan fingerprint density at radius 2 is 1.51 bits per heavy atom. The smallest absolute Gasteiger partial charge is 0.416 e. The molecule has 0 aliphatic heterocycles. The summed E-state index contributed by atoms with van der Waals surface area (Å²) in [5.41, 5.74) is 3.50. The van der Waals surface area contributed by atoms with E-state index in [1.54, 1.807) is 0 Å². The average Bonchev–Trinajstić information content (AvgIpc) is 2.92. The number of carbonyl (C=O) groups excluding carboxylic acids is 2. The zero-order valence-corrected chi connectivity index (χ0v) is 22.8. The lowest BCUT2D eigenvalue weighted by molar-refractivity contribution is -0.137. The summed E-state index contributed by atoms with van der Waals surface area (Å²) in [4.78, 5) is 24.5. The summed E-state index contributed by atoms with van der Waals surface area (Å²) in [6, 6.07) is 3.82. The van der Waals surface area contributed by atoms with Crippen LogP contribution in [0.15, 0.2) is 30.3 Å². The first-order chi connectivity index (χ1) is 19.5. The normalized spacial score (nSPS) is 11.3. The summed E-state index contributed by atoms with van der Waals surface area (Å²) >= 11 is 0. The summed E-state index contributed by atoms with van der Waals surface area (Å²) in [6.07, 6.45) is -2.31. The molecular formula is C27H36F5N5O4. The second kappa shape index (κ2) is 17.4. The van der Waals surface area contributed by atoms with Gasteiger partial charge in [0, 0.05) is 6.54 Å². The fourth-order valence-electron chi connectivity index (χ4n) is 3.70. The highest BCUT2D eigenvalue weighted by molar-refractivity contribution is 6.00. The van der Waals surface area contributed by atoms with Crippen molar-refractivity contribution in [2.75, 3.05) is 57.0 Å². The number of unbranched alkanes of at least 4 members (excludes halogenated alkanes) is 1. The van der Waals surface area contributed by atoms with E-state index in [0.29, 0.717) is 38.2 Å². The Bertz CT molecular complexity index is 1130. The van der Waals surface area contributed by atoms with Crippen LogP contribution >= 0.6 is 0 Å². The molecule has 0 aliphatic carbocycles. The van der Waals surface area contributed by atoms with Crippen LogP contribution in [0.1, 0.15) is 47.2 Å². The highest BCUT2D eigenvalue weighted by atomic mass is 19.4. The summed E-state index contributed by atoms with van der Waals surface area (Å²) < 4.78 is 76.6. The van der Waals surface area contributed by atoms with Crippen LogP contribution in [0.2, 0.25) is 0 Å². The highest BCUT2D eigenvalue weighted by Crippen LogP contribution is 2.31. The number of esters is 1. The molecule has 0 aliphatic rings. The Morgan fingerprint density at radius 3 is 2.15 bits per heavy atom. The van der Waals surface area contributed by atoms with Crippen molar-refractivity contribution in [2.24, 2.45) is 5.73 Å². The maximum absolute atomic E-state index is 14.7. The third kappa shape index (κ3) is 12.3. The molecule has 9 nitrogen and oxygen atoms in total. The summed E-state index contributed by atoms with van der Waals surface area (Å²) in [5.74, 6) is -2.86. The largest absolute Gasteiger partial charge is 0.465 e. The molecule has 0 saturated carbocycles. The summed E-state index contributed by atoms with van der Waals surface area (Å²) in [7, 11) is 1.07. The first-order valence-electron chi connectivity index (χ1n) is 13.1. The number of methoxy groups -OCH3 is 1. The summed E-state index contributed by atoms with van der Waals surface area (Å²) in [6.45, 7) is 3.72. The minimum atomic E-state index is -4.79. The topological polar surface area (TPSA) is 127 Å². The monoisotopic (exact) mass is 589 g/mol. The van der Waals surface area contributed by atoms with Crippen LogP contribution in [0.25, 0.3) is 0 Å². The summed E-state index contributed by atoms with van der Waals surface area (Å²) in [5, 5.41) is 11.8. The number of nitrogens with one attached hydrogen (secondary N) is 4. The fourth-order valence-corrected chi connectivity index (χ4v) is 3.70. The maximum Gasteiger partial charge on any atom is 0.416 e. The number of halogens is 5. The predicted molar refractivity (Wildman–Crippen MR) is 145 cm³/mol. The van der Waals surface area contributed by atoms with Gasteiger partial charge in [0.15, 0.2) is 0 Å². The van der Waals surface area contributed by atoms with Gasteiger partial charge in [-0.1, -0.05) is 0 Å². The van der Waals surface area contributed by atoms with Crippen molar-refractivity contribution >= 4 is 23.4 Å². The molecule has 2 rings (SSSR count). The minimum absolute atomic E-state index is 0.00328. The number of amides is 1. The Balaban J connectivity index is 1.90. The third-order valence-electron chi connectivity index (χ3n) is 5.76. The number of rotatable bonds is 17. The van der Waals surface area contributed by atoms with Crippen LogP contribution in [0.4, 0.5) is 38.1 Å². The van der Waals surface area contributed by atoms with Gasteiger partial charge in [0.05, 0.1) is 29.6 Å². The molecule has 0 fully saturated rings. The minimum Gasteiger partial charge on any atom is -0.465 e. The molecule has 2 aromatic rings. The number of hydrogen-bond acceptors (Lipinski definition) is 8. The molecule has 1 amide bonds. The van der Waals surface area contributed by atoms with Crippen LogP contribution in [0, 0.1) is 11.6 Å². The van der Waals surface area contributed by atoms with Crippen LogP contribution in [0.3, 0.4) is 0 Å². The van der Waals surface area contributed by atoms with Crippen molar-refractivity contribution in [3.05, 3.63) is 58.7 Å². The molecule has 0 aromatic heterocycles. The van der Waals surface area contributed by atoms with Crippen LogP contribution in [-0.2, 0) is 22.3 Å². The number of nitrogens with two attached hydrogens (primary N) is 1. The van der Waals surface area contributed by atoms with E-state index in [1.165, 1.54) is 6.07 Å². The number of carbonyl (C=O) groups is 2. The van der Waals surface area contributed by atoms with Gasteiger partial charge in [-0.2, -0.15) is 13.2 Å². The lowest BCUT2D eigenvalue weighted by Gasteiger charge is -2.15. The standard InChI is InChI=1S/C27H36F5N5O4/c1-40-25(38)21-15-22(29)24(36-11-5-10-35-8-3-2-7-34-9-4-6-33)16-23(21)37-26(39)41-17-18-12-19(27(30,31)32)14-20(28)13-18/h12-16,34-36H,2-11,17,33H2,1H3,(H,37,39). The Morgan fingerprint density at radius 1 is 0.854 bits per heavy atom. The van der Waals surface area contributed by atoms with Crippen molar-refractivity contribution in [3.8, 4) is 0 Å². The fraction of sp³-hybridized carbons (Fsp3) is 0.481. The average molecular weight is 590 g/mol. The Kier molecular flexibility index (Phi) is 14.3. The molecule has 0 unspecified atom stereocenters. The van der Waals surface area contributed by atoms with Crippen molar-refractivity contribution < 1.29 is 41.0 Å². The number of ether oxygens (including phenoxy) is 2. The molecule has 0 bridgehead atoms. The first-order valence-corrected chi connectivity index (χ1v) is 13.1. The van der Waals surface area contributed by atoms with Gasteiger partial charge in [-0.15, -0.1) is 0 Å². The van der Waals surface area contributed by atoms with Crippen LogP contribution < -0.4 is 27.0 Å². The SMILES string of the molecule is COC(=O)c1cc(F)c(NCCCNCCCCNCCCN)cc1NC(=O)OCc1cc(F)cc(C(F)(F)F)c1. The van der Waals surface area contributed by atoms with Crippen molar-refractivity contribution in [1.29, 1.82) is 0 Å². The van der Waals surface area contributed by atoms with Gasteiger partial charge in [0.2, 0.25) is 0 Å². The van der Waals surface area contributed by atoms with Gasteiger partial charge in [-0.25, -0.2) is 18.4 Å². The Hall–Kier alpha value is -3.49. The van der Waals surface area contributed by atoms with E-state index in [-0.39, 0.29) is 22.5 Å². The van der Waals surface area contributed by atoms with Crippen LogP contribution in [0.5, 0.6) is 0 Å². The lowest BCUT2D eigenvalue weighted by atomic mass is 10.1. The van der Waals surface area contributed by atoms with Crippen molar-refractivity contribution in [1.82, 2.24) is 10.6 Å². The number of benzene rings is 2. The molecule has 0 saturated heterocycles. The Labute approximate surface area is 235 Å². The zero-order valence-electron chi connectivity index (χ0n) is 22.8. The molecule has 2 aromatic carbocycles. The van der Waals surface area contributed by atoms with Crippen molar-refractivity contribution in [2.45, 2.75) is 38.5 Å². The molecule has 228 valence electrons. The third-order valence-corrected chi connectivity index (χ3v) is 5.76. The van der Waals surface area contributed by atoms with Gasteiger partial charge in [-0.3, -0.25) is 5.32 Å². The van der Waals surface area contributed by atoms with Crippen LogP contribution in [-0.4, -0.2) is 58.4 Å². The molecule has 0 spiro atoms. The van der Waals surface area contributed by atoms with Crippen molar-refractivity contribution in [3.63, 3.8) is 0 Å². The quantitative estimate of drug-likeness (QED) is 0.103. The van der Waals surface area contributed by atoms with E-state index in [0.717, 1.165) is 58.1 Å². The highest BCUT2D eigenvalue weighted by Gasteiger charge is 2.31. The van der Waals surface area contributed by atoms with Gasteiger partial charge >= 0.3 is 18.2 Å². The van der Waals surface area contributed by atoms with E-state index < -0.39 is 42.0 Å². The molecule has 0 radical (unpaired) electrons. The van der Waals surface area contributed by atoms with E-state index >= 15 is 0 Å². The second-order valence-electron chi connectivity index (χ2n) is 9.05. The predicted octanol–water partition coefficient (Wildman–Crippen LogP) is 4.63. The van der Waals surface area contributed by atoms with Gasteiger partial charge < -0.3 is 31.2 Å². The molecular weight excluding hydrogens is 553 g/mol. The van der Waals surface area contributed by atoms with Gasteiger partial charge in [-0.05, 0) is 94.3 Å². The molecule has 0 atom stereocenters. The second-order valence-corrected chi connectivity index (χ2v) is 9.05. The number of alkyl halides is 3. The van der Waals surface area contributed by atoms with E-state index in [9.17, 15) is 31.5 Å². The molecule has 0 heterocycles. The maximum atomic E-state index is 14.7. The number of anilines is 2. The van der Waals surface area contributed by atoms with Gasteiger partial charge in [0.1, 0.15) is 18.2 Å². The molecule has 41 heavy (non-hydrogen) atoms. The van der Waals surface area contributed by atoms with Gasteiger partial charge in [0.25, 0.3) is 0 Å².